The number of benzene rings is 1. The minimum absolute atomic E-state index is 0.0644. The van der Waals surface area contributed by atoms with Gasteiger partial charge in [-0.2, -0.15) is 0 Å². The van der Waals surface area contributed by atoms with Crippen molar-refractivity contribution in [2.75, 3.05) is 0 Å². The Balaban J connectivity index is 2.13. The third-order valence-electron chi connectivity index (χ3n) is 2.37. The number of fused-ring (bicyclic) bond motifs is 1. The molecular weight excluding hydrogens is 258 g/mol. The van der Waals surface area contributed by atoms with Crippen LogP contribution in [0.5, 0.6) is 0 Å². The van der Waals surface area contributed by atoms with Gasteiger partial charge < -0.3 is 9.47 Å². The summed E-state index contributed by atoms with van der Waals surface area (Å²) in [6.07, 6.45) is -1.03. The molecule has 1 aromatic heterocycles. The van der Waals surface area contributed by atoms with E-state index in [2.05, 4.69) is 9.72 Å². The number of carbonyl (C=O) groups excluding carboxylic acids is 2. The molecule has 2 aromatic rings. The maximum absolute atomic E-state index is 11.8. The van der Waals surface area contributed by atoms with Gasteiger partial charge >= 0.3 is 12.1 Å². The van der Waals surface area contributed by atoms with Gasteiger partial charge in [-0.3, -0.25) is 0 Å². The van der Waals surface area contributed by atoms with Crippen molar-refractivity contribution in [1.82, 2.24) is 4.98 Å². The molecule has 0 saturated carbocycles. The first kappa shape index (κ1) is 14.0. The fourth-order valence-corrected chi connectivity index (χ4v) is 1.58. The molecule has 5 nitrogen and oxygen atoms in total. The Morgan fingerprint density at radius 2 is 1.75 bits per heavy atom. The molecule has 0 fully saturated rings. The van der Waals surface area contributed by atoms with Crippen molar-refractivity contribution < 1.29 is 19.1 Å². The average molecular weight is 273 g/mol. The Kier molecular flexibility index (Phi) is 3.70. The number of hydrogen-bond acceptors (Lipinski definition) is 5. The topological polar surface area (TPSA) is 65.5 Å². The van der Waals surface area contributed by atoms with Crippen LogP contribution in [-0.4, -0.2) is 22.7 Å². The second-order valence-corrected chi connectivity index (χ2v) is 5.24. The molecule has 0 spiro atoms. The van der Waals surface area contributed by atoms with Crippen LogP contribution in [0.3, 0.4) is 0 Å². The minimum Gasteiger partial charge on any atom is -0.428 e. The third kappa shape index (κ3) is 3.54. The molecule has 0 bridgehead atoms. The molecule has 0 atom stereocenters. The van der Waals surface area contributed by atoms with Crippen LogP contribution in [-0.2, 0) is 9.47 Å². The lowest BCUT2D eigenvalue weighted by Crippen LogP contribution is -2.26. The average Bonchev–Trinajstić information content (AvgIpc) is 2.35. The summed E-state index contributed by atoms with van der Waals surface area (Å²) >= 11 is 0. The maximum atomic E-state index is 11.8. The van der Waals surface area contributed by atoms with Crippen molar-refractivity contribution in [2.45, 2.75) is 26.4 Å². The summed E-state index contributed by atoms with van der Waals surface area (Å²) in [6.45, 7) is 5.06. The quantitative estimate of drug-likeness (QED) is 0.589. The molecular formula is C15H15NO4. The summed E-state index contributed by atoms with van der Waals surface area (Å²) in [5, 5.41) is 0.904. The van der Waals surface area contributed by atoms with Crippen molar-refractivity contribution in [3.8, 4) is 0 Å². The zero-order chi connectivity index (χ0) is 14.8. The minimum atomic E-state index is -1.03. The Morgan fingerprint density at radius 1 is 1.05 bits per heavy atom. The molecule has 0 unspecified atom stereocenters. The second-order valence-electron chi connectivity index (χ2n) is 5.24. The van der Waals surface area contributed by atoms with Gasteiger partial charge in [-0.05, 0) is 32.9 Å². The van der Waals surface area contributed by atoms with Gasteiger partial charge in [-0.15, -0.1) is 0 Å². The van der Waals surface area contributed by atoms with E-state index in [9.17, 15) is 9.59 Å². The molecule has 20 heavy (non-hydrogen) atoms. The lowest BCUT2D eigenvalue weighted by molar-refractivity contribution is -0.00179. The molecule has 0 aliphatic carbocycles. The van der Waals surface area contributed by atoms with Crippen molar-refractivity contribution >= 4 is 23.0 Å². The molecule has 2 rings (SSSR count). The lowest BCUT2D eigenvalue weighted by Gasteiger charge is -2.18. The van der Waals surface area contributed by atoms with Crippen LogP contribution in [0.15, 0.2) is 36.4 Å². The van der Waals surface area contributed by atoms with Gasteiger partial charge in [0.2, 0.25) is 0 Å². The highest BCUT2D eigenvalue weighted by atomic mass is 16.7. The summed E-state index contributed by atoms with van der Waals surface area (Å²) < 4.78 is 9.51. The van der Waals surface area contributed by atoms with Crippen LogP contribution in [0.2, 0.25) is 0 Å². The van der Waals surface area contributed by atoms with Crippen LogP contribution in [0.1, 0.15) is 31.3 Å². The number of carbonyl (C=O) groups is 2. The van der Waals surface area contributed by atoms with E-state index in [-0.39, 0.29) is 5.69 Å². The van der Waals surface area contributed by atoms with Gasteiger partial charge in [0, 0.05) is 5.39 Å². The molecule has 1 aromatic carbocycles. The van der Waals surface area contributed by atoms with Gasteiger partial charge in [0.1, 0.15) is 11.3 Å². The summed E-state index contributed by atoms with van der Waals surface area (Å²) in [5.41, 5.74) is 0.00876. The number of pyridine rings is 1. The van der Waals surface area contributed by atoms with Gasteiger partial charge in [0.25, 0.3) is 0 Å². The molecule has 1 heterocycles. The largest absolute Gasteiger partial charge is 0.516 e. The smallest absolute Gasteiger partial charge is 0.428 e. The van der Waals surface area contributed by atoms with Gasteiger partial charge in [0.15, 0.2) is 0 Å². The van der Waals surface area contributed by atoms with Crippen LogP contribution in [0.4, 0.5) is 4.79 Å². The van der Waals surface area contributed by atoms with Crippen molar-refractivity contribution in [2.24, 2.45) is 0 Å². The summed E-state index contributed by atoms with van der Waals surface area (Å²) in [7, 11) is 0. The van der Waals surface area contributed by atoms with E-state index >= 15 is 0 Å². The van der Waals surface area contributed by atoms with Crippen LogP contribution < -0.4 is 0 Å². The first-order chi connectivity index (χ1) is 9.35. The highest BCUT2D eigenvalue weighted by molar-refractivity contribution is 5.95. The fourth-order valence-electron chi connectivity index (χ4n) is 1.58. The molecule has 0 saturated heterocycles. The molecule has 0 N–H and O–H groups in total. The first-order valence-electron chi connectivity index (χ1n) is 6.16. The predicted molar refractivity (Wildman–Crippen MR) is 73.4 cm³/mol. The molecule has 0 aliphatic rings. The third-order valence-corrected chi connectivity index (χ3v) is 2.37. The predicted octanol–water partition coefficient (Wildman–Crippen LogP) is 3.33. The fraction of sp³-hybridized carbons (Fsp3) is 0.267. The second kappa shape index (κ2) is 5.28. The zero-order valence-electron chi connectivity index (χ0n) is 11.5. The summed E-state index contributed by atoms with van der Waals surface area (Å²) in [5.74, 6) is -0.829. The Bertz CT molecular complexity index is 658. The highest BCUT2D eigenvalue weighted by Crippen LogP contribution is 2.13. The number of ether oxygens (including phenoxy) is 2. The summed E-state index contributed by atoms with van der Waals surface area (Å²) in [4.78, 5) is 27.4. The number of para-hydroxylation sites is 1. The van der Waals surface area contributed by atoms with E-state index in [1.165, 1.54) is 6.07 Å². The van der Waals surface area contributed by atoms with Crippen molar-refractivity contribution in [3.05, 3.63) is 42.1 Å². The molecule has 5 heteroatoms. The molecule has 0 amide bonds. The first-order valence-corrected chi connectivity index (χ1v) is 6.16. The Morgan fingerprint density at radius 3 is 2.45 bits per heavy atom. The van der Waals surface area contributed by atoms with Gasteiger partial charge in [0.05, 0.1) is 5.52 Å². The normalized spacial score (nSPS) is 11.2. The maximum Gasteiger partial charge on any atom is 0.516 e. The standard InChI is InChI=1S/C15H15NO4/c1-15(2,3)20-14(18)19-13(17)12-9-8-10-6-4-5-7-11(10)16-12/h4-9H,1-3H3. The number of nitrogens with zero attached hydrogens (tertiary/aromatic N) is 1. The van der Waals surface area contributed by atoms with E-state index in [1.54, 1.807) is 32.9 Å². The van der Waals surface area contributed by atoms with E-state index < -0.39 is 17.7 Å². The SMILES string of the molecule is CC(C)(C)OC(=O)OC(=O)c1ccc2ccccc2n1. The van der Waals surface area contributed by atoms with E-state index in [4.69, 9.17) is 4.74 Å². The monoisotopic (exact) mass is 273 g/mol. The van der Waals surface area contributed by atoms with Gasteiger partial charge in [-0.1, -0.05) is 24.3 Å². The number of esters is 1. The van der Waals surface area contributed by atoms with Crippen LogP contribution >= 0.6 is 0 Å². The number of hydrogen-bond donors (Lipinski definition) is 0. The van der Waals surface area contributed by atoms with Crippen LogP contribution in [0, 0.1) is 0 Å². The Hall–Kier alpha value is -2.43. The zero-order valence-corrected chi connectivity index (χ0v) is 11.5. The van der Waals surface area contributed by atoms with Crippen molar-refractivity contribution in [3.63, 3.8) is 0 Å². The van der Waals surface area contributed by atoms with E-state index in [1.807, 2.05) is 18.2 Å². The van der Waals surface area contributed by atoms with Crippen molar-refractivity contribution in [1.29, 1.82) is 0 Å². The molecule has 0 radical (unpaired) electrons. The van der Waals surface area contributed by atoms with Gasteiger partial charge in [-0.25, -0.2) is 14.6 Å². The van der Waals surface area contributed by atoms with E-state index in [0.29, 0.717) is 5.52 Å². The summed E-state index contributed by atoms with van der Waals surface area (Å²) in [6, 6.07) is 10.6. The number of aromatic nitrogens is 1. The molecule has 0 aliphatic heterocycles. The molecule has 104 valence electrons. The number of rotatable bonds is 1. The highest BCUT2D eigenvalue weighted by Gasteiger charge is 2.21. The lowest BCUT2D eigenvalue weighted by atomic mass is 10.2. The Labute approximate surface area is 116 Å². The van der Waals surface area contributed by atoms with Crippen LogP contribution in [0.25, 0.3) is 10.9 Å². The van der Waals surface area contributed by atoms with E-state index in [0.717, 1.165) is 5.39 Å².